The number of pyridine rings is 1. The molecule has 0 bridgehead atoms. The number of nitrogens with one attached hydrogen (secondary N) is 1. The minimum Gasteiger partial charge on any atom is -0.497 e. The van der Waals surface area contributed by atoms with Gasteiger partial charge in [-0.15, -0.1) is 11.3 Å². The number of hydrogen-bond donors (Lipinski definition) is 1. The average molecular weight is 423 g/mol. The van der Waals surface area contributed by atoms with Gasteiger partial charge in [-0.25, -0.2) is 0 Å². The number of aromatic amines is 1. The summed E-state index contributed by atoms with van der Waals surface area (Å²) in [5.74, 6) is 1.02. The van der Waals surface area contributed by atoms with E-state index in [2.05, 4.69) is 4.98 Å². The molecule has 0 saturated heterocycles. The van der Waals surface area contributed by atoms with Crippen molar-refractivity contribution in [3.05, 3.63) is 63.3 Å². The molecule has 0 saturated carbocycles. The highest BCUT2D eigenvalue weighted by Crippen LogP contribution is 2.35. The van der Waals surface area contributed by atoms with Crippen molar-refractivity contribution in [1.82, 2.24) is 4.98 Å². The van der Waals surface area contributed by atoms with Crippen LogP contribution < -0.4 is 19.9 Å². The average Bonchev–Trinajstić information content (AvgIpc) is 3.21. The van der Waals surface area contributed by atoms with E-state index in [1.807, 2.05) is 32.0 Å². The summed E-state index contributed by atoms with van der Waals surface area (Å²) in [5, 5.41) is 1.46. The van der Waals surface area contributed by atoms with Crippen LogP contribution in [0, 0.1) is 6.92 Å². The van der Waals surface area contributed by atoms with Crippen molar-refractivity contribution in [3.8, 4) is 11.5 Å². The van der Waals surface area contributed by atoms with Crippen LogP contribution in [0.15, 0.2) is 47.3 Å². The lowest BCUT2D eigenvalue weighted by atomic mass is 10.1. The second kappa shape index (κ2) is 7.84. The molecule has 2 aromatic heterocycles. The van der Waals surface area contributed by atoms with Gasteiger partial charge in [0.05, 0.1) is 30.2 Å². The fourth-order valence-corrected chi connectivity index (χ4v) is 4.71. The molecule has 0 unspecified atom stereocenters. The zero-order valence-electron chi connectivity index (χ0n) is 17.2. The lowest BCUT2D eigenvalue weighted by Crippen LogP contribution is -2.30. The number of aryl methyl sites for hydroxylation is 1. The number of carbonyl (C=O) groups is 1. The third-order valence-corrected chi connectivity index (χ3v) is 6.25. The number of ether oxygens (including phenoxy) is 2. The molecule has 30 heavy (non-hydrogen) atoms. The van der Waals surface area contributed by atoms with Gasteiger partial charge in [-0.3, -0.25) is 9.59 Å². The molecule has 0 fully saturated rings. The van der Waals surface area contributed by atoms with Crippen molar-refractivity contribution in [3.63, 3.8) is 0 Å². The molecule has 1 N–H and O–H groups in total. The first-order chi connectivity index (χ1) is 14.5. The van der Waals surface area contributed by atoms with Gasteiger partial charge in [0.15, 0.2) is 0 Å². The molecule has 4 rings (SSSR count). The van der Waals surface area contributed by atoms with E-state index in [-0.39, 0.29) is 11.5 Å². The van der Waals surface area contributed by atoms with Crippen LogP contribution in [0.25, 0.3) is 21.0 Å². The van der Waals surface area contributed by atoms with E-state index >= 15 is 0 Å². The molecule has 1 amide bonds. The Balaban J connectivity index is 1.86. The number of benzene rings is 2. The fraction of sp³-hybridized carbons (Fsp3) is 0.217. The number of aromatic nitrogens is 1. The molecule has 4 aromatic rings. The van der Waals surface area contributed by atoms with Crippen LogP contribution in [0.1, 0.15) is 22.2 Å². The van der Waals surface area contributed by atoms with Crippen LogP contribution in [-0.4, -0.2) is 31.7 Å². The van der Waals surface area contributed by atoms with Crippen LogP contribution in [0.5, 0.6) is 11.5 Å². The molecule has 0 aliphatic rings. The number of anilines is 1. The van der Waals surface area contributed by atoms with Gasteiger partial charge in [-0.2, -0.15) is 0 Å². The summed E-state index contributed by atoms with van der Waals surface area (Å²) in [4.78, 5) is 31.1. The first-order valence-electron chi connectivity index (χ1n) is 9.57. The van der Waals surface area contributed by atoms with E-state index in [0.717, 1.165) is 21.2 Å². The number of rotatable bonds is 5. The normalized spacial score (nSPS) is 11.1. The topological polar surface area (TPSA) is 71.6 Å². The Labute approximate surface area is 177 Å². The van der Waals surface area contributed by atoms with Crippen LogP contribution in [-0.2, 0) is 0 Å². The van der Waals surface area contributed by atoms with Gasteiger partial charge in [0, 0.05) is 28.2 Å². The second-order valence-corrected chi connectivity index (χ2v) is 8.00. The van der Waals surface area contributed by atoms with E-state index in [0.29, 0.717) is 34.0 Å². The Bertz CT molecular complexity index is 1320. The summed E-state index contributed by atoms with van der Waals surface area (Å²) in [6, 6.07) is 12.9. The quantitative estimate of drug-likeness (QED) is 0.504. The van der Waals surface area contributed by atoms with E-state index in [1.165, 1.54) is 11.3 Å². The molecular formula is C23H22N2O4S. The monoisotopic (exact) mass is 422 g/mol. The molecule has 6 nitrogen and oxygen atoms in total. The largest absolute Gasteiger partial charge is 0.497 e. The molecule has 0 atom stereocenters. The zero-order valence-corrected chi connectivity index (χ0v) is 18.1. The summed E-state index contributed by atoms with van der Waals surface area (Å²) in [6.45, 7) is 4.34. The van der Waals surface area contributed by atoms with E-state index < -0.39 is 0 Å². The van der Waals surface area contributed by atoms with Crippen molar-refractivity contribution in [1.29, 1.82) is 0 Å². The highest BCUT2D eigenvalue weighted by molar-refractivity contribution is 7.21. The van der Waals surface area contributed by atoms with Gasteiger partial charge in [-0.05, 0) is 44.2 Å². The van der Waals surface area contributed by atoms with E-state index in [9.17, 15) is 9.59 Å². The number of methoxy groups -OCH3 is 2. The van der Waals surface area contributed by atoms with Gasteiger partial charge in [0.2, 0.25) is 0 Å². The van der Waals surface area contributed by atoms with Gasteiger partial charge in [-0.1, -0.05) is 11.6 Å². The number of nitrogens with zero attached hydrogens (tertiary/aromatic N) is 1. The first kappa shape index (κ1) is 20.0. The maximum atomic E-state index is 13.5. The van der Waals surface area contributed by atoms with Crippen LogP contribution in [0.2, 0.25) is 0 Å². The second-order valence-electron chi connectivity index (χ2n) is 6.94. The number of H-pyrrole nitrogens is 1. The Hall–Kier alpha value is -3.32. The molecule has 0 aliphatic heterocycles. The number of thiophene rings is 1. The lowest BCUT2D eigenvalue weighted by molar-refractivity contribution is 0.0991. The van der Waals surface area contributed by atoms with E-state index in [1.54, 1.807) is 43.4 Å². The Kier molecular flexibility index (Phi) is 5.22. The summed E-state index contributed by atoms with van der Waals surface area (Å²) < 4.78 is 11.6. The Morgan fingerprint density at radius 2 is 1.87 bits per heavy atom. The molecule has 2 aromatic carbocycles. The Morgan fingerprint density at radius 1 is 1.07 bits per heavy atom. The maximum Gasteiger partial charge on any atom is 0.268 e. The van der Waals surface area contributed by atoms with Crippen molar-refractivity contribution in [2.24, 2.45) is 0 Å². The summed E-state index contributed by atoms with van der Waals surface area (Å²) in [7, 11) is 3.14. The summed E-state index contributed by atoms with van der Waals surface area (Å²) in [5.41, 5.74) is 2.28. The molecule has 154 valence electrons. The lowest BCUT2D eigenvalue weighted by Gasteiger charge is -2.23. The van der Waals surface area contributed by atoms with Gasteiger partial charge in [0.25, 0.3) is 11.5 Å². The SMILES string of the molecule is CCN(C(=O)c1cc2c(=O)[nH]c3ccc(C)cc3c2s1)c1cc(OC)ccc1OC. The third kappa shape index (κ3) is 3.31. The molecule has 7 heteroatoms. The number of fused-ring (bicyclic) bond motifs is 3. The van der Waals surface area contributed by atoms with Crippen molar-refractivity contribution < 1.29 is 14.3 Å². The highest BCUT2D eigenvalue weighted by atomic mass is 32.1. The standard InChI is InChI=1S/C23H22N2O4S/c1-5-25(18-11-14(28-3)7-9-19(18)29-4)23(27)20-12-16-21(30-20)15-10-13(2)6-8-17(15)24-22(16)26/h6-12H,5H2,1-4H3,(H,24,26). The van der Waals surface area contributed by atoms with Crippen LogP contribution in [0.4, 0.5) is 5.69 Å². The molecular weight excluding hydrogens is 400 g/mol. The predicted molar refractivity (Wildman–Crippen MR) is 122 cm³/mol. The fourth-order valence-electron chi connectivity index (χ4n) is 3.57. The third-order valence-electron chi connectivity index (χ3n) is 5.09. The number of carbonyl (C=O) groups excluding carboxylic acids is 1. The number of amides is 1. The molecule has 0 radical (unpaired) electrons. The number of hydrogen-bond acceptors (Lipinski definition) is 5. The molecule has 0 aliphatic carbocycles. The minimum absolute atomic E-state index is 0.189. The Morgan fingerprint density at radius 3 is 2.57 bits per heavy atom. The highest BCUT2D eigenvalue weighted by Gasteiger charge is 2.23. The summed E-state index contributed by atoms with van der Waals surface area (Å²) >= 11 is 1.34. The van der Waals surface area contributed by atoms with Gasteiger partial charge < -0.3 is 19.4 Å². The van der Waals surface area contributed by atoms with Crippen LogP contribution >= 0.6 is 11.3 Å². The first-order valence-corrected chi connectivity index (χ1v) is 10.4. The maximum absolute atomic E-state index is 13.5. The van der Waals surface area contributed by atoms with Crippen molar-refractivity contribution in [2.75, 3.05) is 25.7 Å². The van der Waals surface area contributed by atoms with Gasteiger partial charge >= 0.3 is 0 Å². The zero-order chi connectivity index (χ0) is 21.4. The molecule has 2 heterocycles. The smallest absolute Gasteiger partial charge is 0.268 e. The predicted octanol–water partition coefficient (Wildman–Crippen LogP) is 4.74. The summed E-state index contributed by atoms with van der Waals surface area (Å²) in [6.07, 6.45) is 0. The van der Waals surface area contributed by atoms with Crippen molar-refractivity contribution in [2.45, 2.75) is 13.8 Å². The van der Waals surface area contributed by atoms with Crippen molar-refractivity contribution >= 4 is 43.9 Å². The van der Waals surface area contributed by atoms with Gasteiger partial charge in [0.1, 0.15) is 11.5 Å². The van der Waals surface area contributed by atoms with Crippen LogP contribution in [0.3, 0.4) is 0 Å². The minimum atomic E-state index is -0.196. The van der Waals surface area contributed by atoms with E-state index in [4.69, 9.17) is 9.47 Å². The molecule has 0 spiro atoms.